The Morgan fingerprint density at radius 2 is 1.81 bits per heavy atom. The molecular formula is C29H20ClN3O4. The van der Waals surface area contributed by atoms with E-state index in [4.69, 9.17) is 30.2 Å². The van der Waals surface area contributed by atoms with Crippen molar-refractivity contribution in [2.24, 2.45) is 5.10 Å². The van der Waals surface area contributed by atoms with E-state index in [-0.39, 0.29) is 11.4 Å². The molecule has 0 unspecified atom stereocenters. The fraction of sp³-hybridized carbons (Fsp3) is 0.0690. The van der Waals surface area contributed by atoms with Gasteiger partial charge in [0.1, 0.15) is 22.9 Å². The second kappa shape index (κ2) is 9.11. The predicted octanol–water partition coefficient (Wildman–Crippen LogP) is 6.92. The van der Waals surface area contributed by atoms with Crippen LogP contribution in [0.4, 0.5) is 0 Å². The van der Waals surface area contributed by atoms with E-state index >= 15 is 0 Å². The molecule has 37 heavy (non-hydrogen) atoms. The quantitative estimate of drug-likeness (QED) is 0.235. The van der Waals surface area contributed by atoms with Crippen LogP contribution in [-0.2, 0) is 0 Å². The number of methoxy groups -OCH3 is 1. The van der Waals surface area contributed by atoms with Crippen LogP contribution >= 0.6 is 11.6 Å². The number of para-hydroxylation sites is 1. The molecule has 6 aromatic rings. The largest absolute Gasteiger partial charge is 0.496 e. The lowest BCUT2D eigenvalue weighted by Crippen LogP contribution is -2.20. The van der Waals surface area contributed by atoms with Crippen LogP contribution in [0.25, 0.3) is 44.8 Å². The molecule has 0 aliphatic heterocycles. The van der Waals surface area contributed by atoms with Crippen LogP contribution < -0.4 is 10.3 Å². The Balaban J connectivity index is 1.48. The van der Waals surface area contributed by atoms with Gasteiger partial charge < -0.3 is 13.6 Å². The lowest BCUT2D eigenvalue weighted by Gasteiger charge is -2.07. The summed E-state index contributed by atoms with van der Waals surface area (Å²) in [5, 5.41) is 6.29. The SMILES string of the molecule is COc1cccc2oc(-c3nc4ccccc4c(=O)n3N=Cc3ccc(-c4cc(Cl)ccc4C)o3)cc12. The van der Waals surface area contributed by atoms with Crippen molar-refractivity contribution in [3.63, 3.8) is 0 Å². The maximum absolute atomic E-state index is 13.5. The number of benzene rings is 3. The molecule has 0 saturated carbocycles. The summed E-state index contributed by atoms with van der Waals surface area (Å²) in [7, 11) is 1.60. The molecule has 3 aromatic carbocycles. The fourth-order valence-electron chi connectivity index (χ4n) is 4.25. The summed E-state index contributed by atoms with van der Waals surface area (Å²) < 4.78 is 18.7. The highest BCUT2D eigenvalue weighted by Crippen LogP contribution is 2.33. The van der Waals surface area contributed by atoms with Crippen LogP contribution in [0, 0.1) is 6.92 Å². The summed E-state index contributed by atoms with van der Waals surface area (Å²) in [5.41, 5.74) is 2.73. The number of hydrogen-bond acceptors (Lipinski definition) is 6. The molecule has 0 saturated heterocycles. The molecule has 0 fully saturated rings. The van der Waals surface area contributed by atoms with Crippen molar-refractivity contribution in [2.75, 3.05) is 7.11 Å². The standard InChI is InChI=1S/C29H20ClN3O4/c1-17-10-11-18(30)14-21(17)26-13-12-19(36-26)16-31-33-28(32-23-7-4-3-6-20(23)29(33)34)27-15-22-24(35-2)8-5-9-25(22)37-27/h3-16H,1-2H3. The average Bonchev–Trinajstić information content (AvgIpc) is 3.56. The third-order valence-corrected chi connectivity index (χ3v) is 6.34. The summed E-state index contributed by atoms with van der Waals surface area (Å²) in [6.07, 6.45) is 1.48. The number of hydrogen-bond donors (Lipinski definition) is 0. The van der Waals surface area contributed by atoms with Crippen LogP contribution in [-0.4, -0.2) is 23.0 Å². The second-order valence-electron chi connectivity index (χ2n) is 8.46. The van der Waals surface area contributed by atoms with Gasteiger partial charge in [-0.15, -0.1) is 0 Å². The number of nitrogens with zero attached hydrogens (tertiary/aromatic N) is 3. The lowest BCUT2D eigenvalue weighted by atomic mass is 10.1. The molecule has 0 atom stereocenters. The highest BCUT2D eigenvalue weighted by atomic mass is 35.5. The molecule has 0 aliphatic rings. The summed E-state index contributed by atoms with van der Waals surface area (Å²) in [6.45, 7) is 1.98. The van der Waals surface area contributed by atoms with E-state index < -0.39 is 0 Å². The van der Waals surface area contributed by atoms with Crippen molar-refractivity contribution in [1.82, 2.24) is 9.66 Å². The minimum atomic E-state index is -0.332. The van der Waals surface area contributed by atoms with Gasteiger partial charge in [0.15, 0.2) is 5.76 Å². The Morgan fingerprint density at radius 1 is 0.946 bits per heavy atom. The minimum Gasteiger partial charge on any atom is -0.496 e. The first-order chi connectivity index (χ1) is 18.0. The van der Waals surface area contributed by atoms with E-state index in [0.717, 1.165) is 16.5 Å². The molecule has 7 nitrogen and oxygen atoms in total. The topological polar surface area (TPSA) is 82.8 Å². The predicted molar refractivity (Wildman–Crippen MR) is 145 cm³/mol. The average molecular weight is 510 g/mol. The molecule has 0 radical (unpaired) electrons. The number of furan rings is 2. The maximum Gasteiger partial charge on any atom is 0.282 e. The van der Waals surface area contributed by atoms with E-state index in [1.54, 1.807) is 37.4 Å². The van der Waals surface area contributed by atoms with Gasteiger partial charge in [0.05, 0.1) is 29.6 Å². The van der Waals surface area contributed by atoms with Crippen molar-refractivity contribution in [3.05, 3.63) is 106 Å². The molecule has 0 N–H and O–H groups in total. The smallest absolute Gasteiger partial charge is 0.282 e. The van der Waals surface area contributed by atoms with Gasteiger partial charge in [0.2, 0.25) is 5.82 Å². The first kappa shape index (κ1) is 22.8. The van der Waals surface area contributed by atoms with Gasteiger partial charge in [-0.05, 0) is 67.1 Å². The lowest BCUT2D eigenvalue weighted by molar-refractivity contribution is 0.419. The number of aromatic nitrogens is 2. The van der Waals surface area contributed by atoms with Gasteiger partial charge in [-0.1, -0.05) is 35.9 Å². The van der Waals surface area contributed by atoms with Crippen molar-refractivity contribution in [1.29, 1.82) is 0 Å². The summed E-state index contributed by atoms with van der Waals surface area (Å²) in [4.78, 5) is 18.2. The number of ether oxygens (including phenoxy) is 1. The van der Waals surface area contributed by atoms with Gasteiger partial charge >= 0.3 is 0 Å². The number of aryl methyl sites for hydroxylation is 1. The van der Waals surface area contributed by atoms with E-state index in [1.165, 1.54) is 10.9 Å². The zero-order valence-corrected chi connectivity index (χ0v) is 20.7. The van der Waals surface area contributed by atoms with E-state index in [9.17, 15) is 4.79 Å². The van der Waals surface area contributed by atoms with Crippen molar-refractivity contribution in [3.8, 4) is 28.7 Å². The van der Waals surface area contributed by atoms with Crippen LogP contribution in [0.1, 0.15) is 11.3 Å². The Labute approximate surface area is 216 Å². The summed E-state index contributed by atoms with van der Waals surface area (Å²) in [5.74, 6) is 2.41. The molecule has 3 heterocycles. The van der Waals surface area contributed by atoms with Gasteiger partial charge in [-0.3, -0.25) is 4.79 Å². The Bertz CT molecular complexity index is 1880. The third kappa shape index (κ3) is 4.09. The van der Waals surface area contributed by atoms with Crippen molar-refractivity contribution >= 4 is 39.7 Å². The Morgan fingerprint density at radius 3 is 2.68 bits per heavy atom. The summed E-state index contributed by atoms with van der Waals surface area (Å²) >= 11 is 6.17. The number of rotatable bonds is 5. The number of halogens is 1. The number of fused-ring (bicyclic) bond motifs is 2. The zero-order chi connectivity index (χ0) is 25.5. The molecular weight excluding hydrogens is 490 g/mol. The van der Waals surface area contributed by atoms with E-state index in [0.29, 0.717) is 44.5 Å². The molecule has 182 valence electrons. The molecule has 0 spiro atoms. The molecule has 0 amide bonds. The van der Waals surface area contributed by atoms with Crippen LogP contribution in [0.3, 0.4) is 0 Å². The van der Waals surface area contributed by atoms with Gasteiger partial charge in [-0.2, -0.15) is 9.78 Å². The normalized spacial score (nSPS) is 11.6. The van der Waals surface area contributed by atoms with Gasteiger partial charge in [0, 0.05) is 10.6 Å². The first-order valence-electron chi connectivity index (χ1n) is 11.5. The first-order valence-corrected chi connectivity index (χ1v) is 11.9. The van der Waals surface area contributed by atoms with Crippen molar-refractivity contribution in [2.45, 2.75) is 6.92 Å². The van der Waals surface area contributed by atoms with Crippen LogP contribution in [0.5, 0.6) is 5.75 Å². The van der Waals surface area contributed by atoms with E-state index in [1.807, 2.05) is 55.5 Å². The summed E-state index contributed by atoms with van der Waals surface area (Å²) in [6, 6.07) is 23.7. The van der Waals surface area contributed by atoms with Gasteiger partial charge in [-0.25, -0.2) is 4.98 Å². The van der Waals surface area contributed by atoms with Crippen molar-refractivity contribution < 1.29 is 13.6 Å². The minimum absolute atomic E-state index is 0.260. The van der Waals surface area contributed by atoms with E-state index in [2.05, 4.69) is 5.10 Å². The van der Waals surface area contributed by atoms with Crippen LogP contribution in [0.2, 0.25) is 5.02 Å². The fourth-order valence-corrected chi connectivity index (χ4v) is 4.43. The highest BCUT2D eigenvalue weighted by molar-refractivity contribution is 6.30. The maximum atomic E-state index is 13.5. The highest BCUT2D eigenvalue weighted by Gasteiger charge is 2.18. The molecule has 6 rings (SSSR count). The molecule has 3 aromatic heterocycles. The zero-order valence-electron chi connectivity index (χ0n) is 19.9. The molecule has 8 heteroatoms. The molecule has 0 bridgehead atoms. The molecule has 0 aliphatic carbocycles. The Hall–Kier alpha value is -4.62. The third-order valence-electron chi connectivity index (χ3n) is 6.11. The Kier molecular flexibility index (Phi) is 5.62. The van der Waals surface area contributed by atoms with Crippen LogP contribution in [0.15, 0.2) is 97.6 Å². The monoisotopic (exact) mass is 509 g/mol. The van der Waals surface area contributed by atoms with Gasteiger partial charge in [0.25, 0.3) is 5.56 Å². The second-order valence-corrected chi connectivity index (χ2v) is 8.89.